The maximum atomic E-state index is 14.5. The molecule has 0 aliphatic rings. The zero-order valence-corrected chi connectivity index (χ0v) is 21.8. The number of carbonyl (C=O) groups is 2. The molecule has 39 heavy (non-hydrogen) atoms. The summed E-state index contributed by atoms with van der Waals surface area (Å²) in [5.41, 5.74) is 3.49. The van der Waals surface area contributed by atoms with Gasteiger partial charge in [0.25, 0.3) is 5.91 Å². The standard InChI is InChI=1S/C31H25ClFN3O3/c1-2-8-25(20-9-3-4-12-24(20)33)36-30(37)18-15-16-19(22(17-18)31(38)39)28-21(10-7-11-23(28)32)29-34-26-13-5-6-14-27(26)35-29/h3-7,9-17,25H,2,8H2,1H3,(H,34,35)(H,36,37)(H,38,39)/t25-/m0/s1. The summed E-state index contributed by atoms with van der Waals surface area (Å²) < 4.78 is 14.5. The van der Waals surface area contributed by atoms with Crippen LogP contribution in [-0.2, 0) is 0 Å². The predicted molar refractivity (Wildman–Crippen MR) is 150 cm³/mol. The lowest BCUT2D eigenvalue weighted by Crippen LogP contribution is -2.29. The summed E-state index contributed by atoms with van der Waals surface area (Å²) in [6.07, 6.45) is 1.24. The first-order chi connectivity index (χ1) is 18.9. The van der Waals surface area contributed by atoms with E-state index in [1.165, 1.54) is 12.1 Å². The maximum Gasteiger partial charge on any atom is 0.336 e. The number of amides is 1. The Morgan fingerprint density at radius 3 is 2.51 bits per heavy atom. The zero-order chi connectivity index (χ0) is 27.5. The molecule has 6 nitrogen and oxygen atoms in total. The zero-order valence-electron chi connectivity index (χ0n) is 21.0. The minimum Gasteiger partial charge on any atom is -0.478 e. The van der Waals surface area contributed by atoms with Gasteiger partial charge in [0, 0.05) is 27.3 Å². The number of para-hydroxylation sites is 2. The molecule has 0 fully saturated rings. The smallest absolute Gasteiger partial charge is 0.336 e. The van der Waals surface area contributed by atoms with Crippen LogP contribution in [0.4, 0.5) is 4.39 Å². The highest BCUT2D eigenvalue weighted by Crippen LogP contribution is 2.39. The van der Waals surface area contributed by atoms with Crippen LogP contribution in [0.2, 0.25) is 5.02 Å². The van der Waals surface area contributed by atoms with Gasteiger partial charge in [-0.25, -0.2) is 14.2 Å². The molecule has 0 saturated heterocycles. The summed E-state index contributed by atoms with van der Waals surface area (Å²) in [7, 11) is 0. The third-order valence-corrected chi connectivity index (χ3v) is 6.92. The second-order valence-electron chi connectivity index (χ2n) is 9.17. The van der Waals surface area contributed by atoms with Gasteiger partial charge in [-0.15, -0.1) is 0 Å². The number of carboxylic acid groups (broad SMARTS) is 1. The first-order valence-corrected chi connectivity index (χ1v) is 12.9. The van der Waals surface area contributed by atoms with Crippen LogP contribution in [0.3, 0.4) is 0 Å². The number of aromatic amines is 1. The first kappa shape index (κ1) is 26.1. The van der Waals surface area contributed by atoms with Crippen molar-refractivity contribution < 1.29 is 19.1 Å². The Balaban J connectivity index is 1.55. The van der Waals surface area contributed by atoms with E-state index in [1.54, 1.807) is 42.5 Å². The summed E-state index contributed by atoms with van der Waals surface area (Å²) in [5.74, 6) is -1.58. The molecule has 5 aromatic rings. The minimum absolute atomic E-state index is 0.0916. The van der Waals surface area contributed by atoms with Gasteiger partial charge in [0.15, 0.2) is 0 Å². The van der Waals surface area contributed by atoms with Crippen LogP contribution in [-0.4, -0.2) is 27.0 Å². The van der Waals surface area contributed by atoms with Crippen LogP contribution in [0.1, 0.15) is 52.1 Å². The third kappa shape index (κ3) is 5.26. The van der Waals surface area contributed by atoms with E-state index in [0.29, 0.717) is 39.5 Å². The number of carbonyl (C=O) groups excluding carboxylic acids is 1. The topological polar surface area (TPSA) is 95.1 Å². The summed E-state index contributed by atoms with van der Waals surface area (Å²) in [5, 5.41) is 13.3. The van der Waals surface area contributed by atoms with Crippen molar-refractivity contribution in [2.24, 2.45) is 0 Å². The van der Waals surface area contributed by atoms with Crippen molar-refractivity contribution in [3.05, 3.63) is 112 Å². The number of imidazole rings is 1. The van der Waals surface area contributed by atoms with Crippen molar-refractivity contribution >= 4 is 34.5 Å². The van der Waals surface area contributed by atoms with Gasteiger partial charge >= 0.3 is 5.97 Å². The van der Waals surface area contributed by atoms with Crippen molar-refractivity contribution in [3.63, 3.8) is 0 Å². The monoisotopic (exact) mass is 541 g/mol. The van der Waals surface area contributed by atoms with Crippen molar-refractivity contribution in [2.45, 2.75) is 25.8 Å². The number of hydrogen-bond acceptors (Lipinski definition) is 3. The maximum absolute atomic E-state index is 14.5. The van der Waals surface area contributed by atoms with E-state index in [9.17, 15) is 19.1 Å². The van der Waals surface area contributed by atoms with Crippen molar-refractivity contribution in [1.82, 2.24) is 15.3 Å². The molecule has 0 aliphatic heterocycles. The molecule has 1 atom stereocenters. The number of fused-ring (bicyclic) bond motifs is 1. The van der Waals surface area contributed by atoms with Crippen LogP contribution in [0.5, 0.6) is 0 Å². The number of nitrogens with zero attached hydrogens (tertiary/aromatic N) is 1. The molecule has 196 valence electrons. The SMILES string of the molecule is CCC[C@H](NC(=O)c1ccc(-c2c(Cl)cccc2-c2nc3ccccc3[nH]2)c(C(=O)O)c1)c1ccccc1F. The van der Waals surface area contributed by atoms with Gasteiger partial charge in [-0.2, -0.15) is 0 Å². The fourth-order valence-corrected chi connectivity index (χ4v) is 5.03. The molecule has 0 bridgehead atoms. The van der Waals surface area contributed by atoms with Crippen molar-refractivity contribution in [3.8, 4) is 22.5 Å². The number of carboxylic acids is 1. The fourth-order valence-electron chi connectivity index (χ4n) is 4.75. The van der Waals surface area contributed by atoms with Gasteiger partial charge < -0.3 is 15.4 Å². The summed E-state index contributed by atoms with van der Waals surface area (Å²) in [6, 6.07) is 23.0. The van der Waals surface area contributed by atoms with Gasteiger partial charge in [-0.3, -0.25) is 4.79 Å². The molecule has 0 saturated carbocycles. The lowest BCUT2D eigenvalue weighted by molar-refractivity contribution is 0.0697. The van der Waals surface area contributed by atoms with Crippen LogP contribution in [0.25, 0.3) is 33.5 Å². The quantitative estimate of drug-likeness (QED) is 0.188. The summed E-state index contributed by atoms with van der Waals surface area (Å²) >= 11 is 6.63. The Labute approximate surface area is 229 Å². The van der Waals surface area contributed by atoms with E-state index < -0.39 is 23.7 Å². The van der Waals surface area contributed by atoms with E-state index in [2.05, 4.69) is 15.3 Å². The molecule has 1 amide bonds. The van der Waals surface area contributed by atoms with E-state index in [-0.39, 0.29) is 11.1 Å². The normalized spacial score (nSPS) is 11.9. The molecule has 1 heterocycles. The van der Waals surface area contributed by atoms with E-state index in [1.807, 2.05) is 37.3 Å². The Bertz CT molecular complexity index is 1670. The Morgan fingerprint density at radius 2 is 1.77 bits per heavy atom. The van der Waals surface area contributed by atoms with Crippen LogP contribution < -0.4 is 5.32 Å². The number of aromatic carboxylic acids is 1. The highest BCUT2D eigenvalue weighted by Gasteiger charge is 2.23. The molecule has 0 unspecified atom stereocenters. The molecule has 3 N–H and O–H groups in total. The average Bonchev–Trinajstić information content (AvgIpc) is 3.37. The van der Waals surface area contributed by atoms with Crippen molar-refractivity contribution in [1.29, 1.82) is 0 Å². The molecular formula is C31H25ClFN3O3. The molecule has 0 spiro atoms. The fraction of sp³-hybridized carbons (Fsp3) is 0.129. The number of aromatic nitrogens is 2. The number of halogens is 2. The predicted octanol–water partition coefficient (Wildman–Crippen LogP) is 7.66. The lowest BCUT2D eigenvalue weighted by atomic mass is 9.93. The summed E-state index contributed by atoms with van der Waals surface area (Å²) in [4.78, 5) is 33.6. The van der Waals surface area contributed by atoms with Gasteiger partial charge in [0.05, 0.1) is 22.6 Å². The average molecular weight is 542 g/mol. The van der Waals surface area contributed by atoms with Crippen LogP contribution in [0, 0.1) is 5.82 Å². The number of H-pyrrole nitrogens is 1. The van der Waals surface area contributed by atoms with E-state index >= 15 is 0 Å². The Hall–Kier alpha value is -4.49. The van der Waals surface area contributed by atoms with Crippen LogP contribution in [0.15, 0.2) is 84.9 Å². The number of nitrogens with one attached hydrogen (secondary N) is 2. The summed E-state index contributed by atoms with van der Waals surface area (Å²) in [6.45, 7) is 1.94. The second-order valence-corrected chi connectivity index (χ2v) is 9.57. The van der Waals surface area contributed by atoms with Gasteiger partial charge in [0.2, 0.25) is 0 Å². The molecule has 0 aliphatic carbocycles. The van der Waals surface area contributed by atoms with Gasteiger partial charge in [0.1, 0.15) is 11.6 Å². The Kier molecular flexibility index (Phi) is 7.43. The van der Waals surface area contributed by atoms with E-state index in [4.69, 9.17) is 11.6 Å². The highest BCUT2D eigenvalue weighted by atomic mass is 35.5. The van der Waals surface area contributed by atoms with Gasteiger partial charge in [-0.05, 0) is 48.4 Å². The number of rotatable bonds is 8. The Morgan fingerprint density at radius 1 is 1.00 bits per heavy atom. The molecule has 8 heteroatoms. The lowest BCUT2D eigenvalue weighted by Gasteiger charge is -2.20. The first-order valence-electron chi connectivity index (χ1n) is 12.5. The second kappa shape index (κ2) is 11.1. The number of hydrogen-bond donors (Lipinski definition) is 3. The molecular weight excluding hydrogens is 517 g/mol. The minimum atomic E-state index is -1.21. The molecule has 0 radical (unpaired) electrons. The number of benzene rings is 4. The highest BCUT2D eigenvalue weighted by molar-refractivity contribution is 6.34. The van der Waals surface area contributed by atoms with Crippen LogP contribution >= 0.6 is 11.6 Å². The van der Waals surface area contributed by atoms with E-state index in [0.717, 1.165) is 17.5 Å². The molecule has 4 aromatic carbocycles. The van der Waals surface area contributed by atoms with Crippen molar-refractivity contribution in [2.75, 3.05) is 0 Å². The van der Waals surface area contributed by atoms with Gasteiger partial charge in [-0.1, -0.05) is 73.5 Å². The molecule has 5 rings (SSSR count). The largest absolute Gasteiger partial charge is 0.478 e. The third-order valence-electron chi connectivity index (χ3n) is 6.60. The molecule has 1 aromatic heterocycles.